The van der Waals surface area contributed by atoms with Crippen molar-refractivity contribution in [3.8, 4) is 0 Å². The second-order valence-corrected chi connectivity index (χ2v) is 9.18. The van der Waals surface area contributed by atoms with Crippen LogP contribution in [0, 0.1) is 5.92 Å². The Hall–Kier alpha value is -2.17. The number of ether oxygens (including phenoxy) is 1. The van der Waals surface area contributed by atoms with Gasteiger partial charge in [0.25, 0.3) is 5.91 Å². The highest BCUT2D eigenvalue weighted by atomic mass is 32.2. The summed E-state index contributed by atoms with van der Waals surface area (Å²) in [7, 11) is 0. The third-order valence-corrected chi connectivity index (χ3v) is 4.71. The molecule has 10 nitrogen and oxygen atoms in total. The SMILES string of the molecule is CC(C)[C@H](NC(=O)OC(C)(C)C)C(=O)NS[C@](C)(CCCNC(N)=O)C(=O)O. The van der Waals surface area contributed by atoms with Gasteiger partial charge in [-0.3, -0.25) is 14.3 Å². The van der Waals surface area contributed by atoms with E-state index in [9.17, 15) is 24.3 Å². The average molecular weight is 421 g/mol. The average Bonchev–Trinajstić information content (AvgIpc) is 2.52. The minimum Gasteiger partial charge on any atom is -0.480 e. The van der Waals surface area contributed by atoms with E-state index < -0.39 is 40.4 Å². The molecule has 0 spiro atoms. The molecule has 0 heterocycles. The smallest absolute Gasteiger partial charge is 0.408 e. The van der Waals surface area contributed by atoms with Crippen molar-refractivity contribution in [2.45, 2.75) is 70.8 Å². The standard InChI is InChI=1S/C17H32N4O6S/c1-10(2)11(20-15(26)27-16(3,4)5)12(22)21-28-17(6,13(23)24)8-7-9-19-14(18)25/h10-11H,7-9H2,1-6H3,(H,20,26)(H,21,22)(H,23,24)(H3,18,19,25)/t11-,17+/m0/s1. The van der Waals surface area contributed by atoms with Crippen LogP contribution in [0.25, 0.3) is 0 Å². The second-order valence-electron chi connectivity index (χ2n) is 7.87. The van der Waals surface area contributed by atoms with E-state index in [2.05, 4.69) is 15.4 Å². The molecule has 0 aliphatic heterocycles. The molecule has 0 aliphatic rings. The highest BCUT2D eigenvalue weighted by molar-refractivity contribution is 8.00. The predicted octanol–water partition coefficient (Wildman–Crippen LogP) is 1.59. The number of nitrogens with one attached hydrogen (secondary N) is 3. The maximum atomic E-state index is 12.5. The lowest BCUT2D eigenvalue weighted by molar-refractivity contribution is -0.139. The van der Waals surface area contributed by atoms with Crippen molar-refractivity contribution < 1.29 is 29.0 Å². The Morgan fingerprint density at radius 3 is 2.14 bits per heavy atom. The fraction of sp³-hybridized carbons (Fsp3) is 0.765. The second kappa shape index (κ2) is 11.0. The van der Waals surface area contributed by atoms with Gasteiger partial charge < -0.3 is 26.2 Å². The number of carbonyl (C=O) groups excluding carboxylic acids is 3. The lowest BCUT2D eigenvalue weighted by atomic mass is 10.0. The minimum atomic E-state index is -1.32. The number of hydrogen-bond acceptors (Lipinski definition) is 6. The molecule has 0 radical (unpaired) electrons. The highest BCUT2D eigenvalue weighted by Crippen LogP contribution is 2.28. The molecule has 0 bridgehead atoms. The first-order valence-electron chi connectivity index (χ1n) is 8.92. The summed E-state index contributed by atoms with van der Waals surface area (Å²) >= 11 is 0.750. The molecule has 162 valence electrons. The van der Waals surface area contributed by atoms with Crippen molar-refractivity contribution in [2.75, 3.05) is 6.54 Å². The van der Waals surface area contributed by atoms with Crippen LogP contribution in [-0.2, 0) is 14.3 Å². The van der Waals surface area contributed by atoms with Crippen LogP contribution in [0.4, 0.5) is 9.59 Å². The molecule has 0 aromatic carbocycles. The summed E-state index contributed by atoms with van der Waals surface area (Å²) in [6, 6.07) is -1.58. The number of hydrogen-bond donors (Lipinski definition) is 5. The van der Waals surface area contributed by atoms with E-state index in [0.717, 1.165) is 11.9 Å². The zero-order valence-corrected chi connectivity index (χ0v) is 18.1. The van der Waals surface area contributed by atoms with Crippen molar-refractivity contribution in [3.05, 3.63) is 0 Å². The number of aliphatic carboxylic acids is 1. The molecule has 0 saturated carbocycles. The summed E-state index contributed by atoms with van der Waals surface area (Å²) in [5, 5.41) is 14.4. The molecule has 4 amide bonds. The largest absolute Gasteiger partial charge is 0.480 e. The lowest BCUT2D eigenvalue weighted by Crippen LogP contribution is -2.50. The van der Waals surface area contributed by atoms with Gasteiger partial charge in [-0.05, 0) is 58.4 Å². The number of alkyl carbamates (subject to hydrolysis) is 1. The molecule has 0 unspecified atom stereocenters. The number of nitrogens with two attached hydrogens (primary N) is 1. The lowest BCUT2D eigenvalue weighted by Gasteiger charge is -2.27. The van der Waals surface area contributed by atoms with Crippen molar-refractivity contribution in [2.24, 2.45) is 11.7 Å². The van der Waals surface area contributed by atoms with Crippen molar-refractivity contribution in [1.82, 2.24) is 15.4 Å². The quantitative estimate of drug-likeness (QED) is 0.265. The van der Waals surface area contributed by atoms with E-state index in [1.165, 1.54) is 6.92 Å². The highest BCUT2D eigenvalue weighted by Gasteiger charge is 2.36. The summed E-state index contributed by atoms with van der Waals surface area (Å²) in [6.07, 6.45) is -0.192. The van der Waals surface area contributed by atoms with E-state index in [0.29, 0.717) is 6.42 Å². The predicted molar refractivity (Wildman–Crippen MR) is 107 cm³/mol. The van der Waals surface area contributed by atoms with Crippen LogP contribution < -0.4 is 21.1 Å². The van der Waals surface area contributed by atoms with Crippen molar-refractivity contribution in [1.29, 1.82) is 0 Å². The molecule has 0 aromatic rings. The van der Waals surface area contributed by atoms with Crippen molar-refractivity contribution in [3.63, 3.8) is 0 Å². The third-order valence-electron chi connectivity index (χ3n) is 3.58. The van der Waals surface area contributed by atoms with Gasteiger partial charge in [0, 0.05) is 6.54 Å². The van der Waals surface area contributed by atoms with Crippen LogP contribution in [0.3, 0.4) is 0 Å². The number of primary amides is 1. The maximum Gasteiger partial charge on any atom is 0.408 e. The Morgan fingerprint density at radius 2 is 1.71 bits per heavy atom. The monoisotopic (exact) mass is 420 g/mol. The topological polar surface area (TPSA) is 160 Å². The molecule has 28 heavy (non-hydrogen) atoms. The third kappa shape index (κ3) is 10.2. The number of carboxylic acid groups (broad SMARTS) is 1. The summed E-state index contributed by atoms with van der Waals surface area (Å²) in [5.74, 6) is -1.89. The van der Waals surface area contributed by atoms with Crippen LogP contribution in [0.5, 0.6) is 0 Å². The van der Waals surface area contributed by atoms with E-state index >= 15 is 0 Å². The number of rotatable bonds is 10. The van der Waals surface area contributed by atoms with Gasteiger partial charge in [0.05, 0.1) is 0 Å². The minimum absolute atomic E-state index is 0.180. The van der Waals surface area contributed by atoms with Gasteiger partial charge in [-0.2, -0.15) is 0 Å². The van der Waals surface area contributed by atoms with E-state index in [1.54, 1.807) is 34.6 Å². The molecule has 11 heteroatoms. The van der Waals surface area contributed by atoms with Crippen molar-refractivity contribution >= 4 is 35.9 Å². The summed E-state index contributed by atoms with van der Waals surface area (Å²) < 4.78 is 6.36. The van der Waals surface area contributed by atoms with E-state index in [4.69, 9.17) is 10.5 Å². The van der Waals surface area contributed by atoms with E-state index in [-0.39, 0.29) is 18.9 Å². The zero-order chi connectivity index (χ0) is 22.1. The Labute approximate surface area is 169 Å². The first-order chi connectivity index (χ1) is 12.7. The summed E-state index contributed by atoms with van der Waals surface area (Å²) in [4.78, 5) is 46.8. The van der Waals surface area contributed by atoms with Crippen LogP contribution >= 0.6 is 11.9 Å². The normalized spacial score (nSPS) is 14.5. The Kier molecular flexibility index (Phi) is 10.1. The molecular formula is C17H32N4O6S. The van der Waals surface area contributed by atoms with Gasteiger partial charge in [-0.15, -0.1) is 0 Å². The van der Waals surface area contributed by atoms with Gasteiger partial charge >= 0.3 is 18.1 Å². The zero-order valence-electron chi connectivity index (χ0n) is 17.3. The molecule has 6 N–H and O–H groups in total. The van der Waals surface area contributed by atoms with Crippen LogP contribution in [0.15, 0.2) is 0 Å². The Balaban J connectivity index is 4.87. The number of amides is 4. The maximum absolute atomic E-state index is 12.5. The van der Waals surface area contributed by atoms with Crippen LogP contribution in [0.1, 0.15) is 54.4 Å². The molecule has 0 aromatic heterocycles. The molecule has 2 atom stereocenters. The fourth-order valence-corrected chi connectivity index (χ4v) is 2.82. The number of urea groups is 1. The molecular weight excluding hydrogens is 388 g/mol. The fourth-order valence-electron chi connectivity index (χ4n) is 2.03. The summed E-state index contributed by atoms with van der Waals surface area (Å²) in [6.45, 7) is 10.3. The molecule has 0 fully saturated rings. The Morgan fingerprint density at radius 1 is 1.14 bits per heavy atom. The first-order valence-corrected chi connectivity index (χ1v) is 9.73. The Bertz CT molecular complexity index is 578. The molecule has 0 saturated heterocycles. The van der Waals surface area contributed by atoms with Gasteiger partial charge in [-0.25, -0.2) is 9.59 Å². The van der Waals surface area contributed by atoms with E-state index in [1.807, 2.05) is 0 Å². The number of carboxylic acids is 1. The van der Waals surface area contributed by atoms with Crippen LogP contribution in [0.2, 0.25) is 0 Å². The molecule has 0 rings (SSSR count). The van der Waals surface area contributed by atoms with Crippen LogP contribution in [-0.4, -0.2) is 52.0 Å². The van der Waals surface area contributed by atoms with Gasteiger partial charge in [0.1, 0.15) is 16.4 Å². The number of carbonyl (C=O) groups is 4. The van der Waals surface area contributed by atoms with Gasteiger partial charge in [0.15, 0.2) is 0 Å². The molecule has 0 aliphatic carbocycles. The first kappa shape index (κ1) is 25.8. The van der Waals surface area contributed by atoms with Gasteiger partial charge in [-0.1, -0.05) is 13.8 Å². The van der Waals surface area contributed by atoms with Gasteiger partial charge in [0.2, 0.25) is 0 Å². The summed E-state index contributed by atoms with van der Waals surface area (Å²) in [5.41, 5.74) is 4.26.